The van der Waals surface area contributed by atoms with Crippen LogP contribution in [0.4, 0.5) is 4.79 Å². The first-order chi connectivity index (χ1) is 15.5. The summed E-state index contributed by atoms with van der Waals surface area (Å²) in [5, 5.41) is 14.4. The zero-order valence-electron chi connectivity index (χ0n) is 17.6. The van der Waals surface area contributed by atoms with Crippen molar-refractivity contribution in [3.63, 3.8) is 0 Å². The predicted octanol–water partition coefficient (Wildman–Crippen LogP) is 3.24. The molecular formula is C24H26N2O5S. The second-order valence-electron chi connectivity index (χ2n) is 8.10. The molecule has 2 aromatic carbocycles. The highest BCUT2D eigenvalue weighted by molar-refractivity contribution is 8.00. The largest absolute Gasteiger partial charge is 0.481 e. The molecule has 2 aromatic rings. The number of carbonyl (C=O) groups excluding carboxylic acids is 2. The Kier molecular flexibility index (Phi) is 6.99. The SMILES string of the molecule is O=C(O)CCC(NC(=O)OCC1c2ccccc2-c2ccccc21)C(=O)NCC1CSC1. The van der Waals surface area contributed by atoms with Crippen molar-refractivity contribution in [3.05, 3.63) is 59.7 Å². The van der Waals surface area contributed by atoms with Gasteiger partial charge in [0.2, 0.25) is 5.91 Å². The molecule has 32 heavy (non-hydrogen) atoms. The minimum atomic E-state index is -1.02. The summed E-state index contributed by atoms with van der Waals surface area (Å²) in [6.45, 7) is 0.661. The number of hydrogen-bond acceptors (Lipinski definition) is 5. The molecule has 3 N–H and O–H groups in total. The lowest BCUT2D eigenvalue weighted by atomic mass is 9.98. The summed E-state index contributed by atoms with van der Waals surface area (Å²) in [7, 11) is 0. The van der Waals surface area contributed by atoms with Gasteiger partial charge in [-0.3, -0.25) is 9.59 Å². The fourth-order valence-corrected chi connectivity index (χ4v) is 4.89. The van der Waals surface area contributed by atoms with Crippen molar-refractivity contribution in [1.82, 2.24) is 10.6 Å². The third-order valence-electron chi connectivity index (χ3n) is 5.87. The summed E-state index contributed by atoms with van der Waals surface area (Å²) in [6.07, 6.45) is -0.942. The molecule has 1 heterocycles. The van der Waals surface area contributed by atoms with Gasteiger partial charge in [-0.25, -0.2) is 4.79 Å². The second kappa shape index (κ2) is 10.1. The Hall–Kier alpha value is -3.00. The van der Waals surface area contributed by atoms with E-state index < -0.39 is 18.1 Å². The van der Waals surface area contributed by atoms with E-state index in [9.17, 15) is 14.4 Å². The van der Waals surface area contributed by atoms with E-state index in [1.165, 1.54) is 0 Å². The van der Waals surface area contributed by atoms with E-state index in [-0.39, 0.29) is 31.3 Å². The number of carboxylic acids is 1. The van der Waals surface area contributed by atoms with Crippen molar-refractivity contribution in [2.24, 2.45) is 5.92 Å². The molecule has 2 amide bonds. The van der Waals surface area contributed by atoms with Crippen molar-refractivity contribution in [2.45, 2.75) is 24.8 Å². The Balaban J connectivity index is 1.37. The molecule has 1 unspecified atom stereocenters. The lowest BCUT2D eigenvalue weighted by Gasteiger charge is -2.26. The fraction of sp³-hybridized carbons (Fsp3) is 0.375. The zero-order valence-corrected chi connectivity index (χ0v) is 18.4. The van der Waals surface area contributed by atoms with Gasteiger partial charge in [-0.1, -0.05) is 48.5 Å². The van der Waals surface area contributed by atoms with Crippen LogP contribution in [0.2, 0.25) is 0 Å². The quantitative estimate of drug-likeness (QED) is 0.537. The minimum Gasteiger partial charge on any atom is -0.481 e. The van der Waals surface area contributed by atoms with E-state index in [2.05, 4.69) is 22.8 Å². The van der Waals surface area contributed by atoms with Crippen LogP contribution in [0.3, 0.4) is 0 Å². The Morgan fingerprint density at radius 1 is 1.03 bits per heavy atom. The summed E-state index contributed by atoms with van der Waals surface area (Å²) >= 11 is 1.82. The molecule has 1 fully saturated rings. The molecule has 2 aliphatic rings. The Morgan fingerprint density at radius 2 is 1.66 bits per heavy atom. The molecule has 0 saturated carbocycles. The van der Waals surface area contributed by atoms with Crippen molar-refractivity contribution in [3.8, 4) is 11.1 Å². The molecule has 1 aliphatic carbocycles. The highest BCUT2D eigenvalue weighted by Crippen LogP contribution is 2.44. The van der Waals surface area contributed by atoms with Crippen molar-refractivity contribution in [1.29, 1.82) is 0 Å². The minimum absolute atomic E-state index is 0.00474. The summed E-state index contributed by atoms with van der Waals surface area (Å²) < 4.78 is 5.50. The first-order valence-corrected chi connectivity index (χ1v) is 11.9. The van der Waals surface area contributed by atoms with Gasteiger partial charge in [-0.2, -0.15) is 11.8 Å². The number of thioether (sulfide) groups is 1. The second-order valence-corrected chi connectivity index (χ2v) is 9.18. The monoisotopic (exact) mass is 454 g/mol. The van der Waals surface area contributed by atoms with Crippen LogP contribution in [-0.2, 0) is 14.3 Å². The van der Waals surface area contributed by atoms with Crippen LogP contribution in [0.1, 0.15) is 29.9 Å². The number of carbonyl (C=O) groups is 3. The van der Waals surface area contributed by atoms with Crippen molar-refractivity contribution < 1.29 is 24.2 Å². The molecule has 7 nitrogen and oxygen atoms in total. The van der Waals surface area contributed by atoms with E-state index in [0.717, 1.165) is 33.8 Å². The number of rotatable bonds is 9. The molecule has 168 valence electrons. The highest BCUT2D eigenvalue weighted by atomic mass is 32.2. The zero-order chi connectivity index (χ0) is 22.5. The number of fused-ring (bicyclic) bond motifs is 3. The van der Waals surface area contributed by atoms with Gasteiger partial charge in [0, 0.05) is 18.9 Å². The number of benzene rings is 2. The highest BCUT2D eigenvalue weighted by Gasteiger charge is 2.30. The molecule has 1 aliphatic heterocycles. The molecule has 0 aromatic heterocycles. The Bertz CT molecular complexity index is 962. The maximum absolute atomic E-state index is 12.5. The van der Waals surface area contributed by atoms with E-state index in [4.69, 9.17) is 9.84 Å². The number of amides is 2. The van der Waals surface area contributed by atoms with Gasteiger partial charge >= 0.3 is 12.1 Å². The standard InChI is InChI=1S/C24H26N2O5S/c27-22(28)10-9-21(23(29)25-11-15-13-32-14-15)26-24(30)31-12-20-18-7-3-1-5-16(18)17-6-2-4-8-19(17)20/h1-8,15,20-21H,9-14H2,(H,25,29)(H,26,30)(H,27,28). The maximum Gasteiger partial charge on any atom is 0.407 e. The van der Waals surface area contributed by atoms with Crippen LogP contribution >= 0.6 is 11.8 Å². The van der Waals surface area contributed by atoms with Gasteiger partial charge < -0.3 is 20.5 Å². The molecule has 0 radical (unpaired) electrons. The topological polar surface area (TPSA) is 105 Å². The molecule has 4 rings (SSSR count). The van der Waals surface area contributed by atoms with Gasteiger partial charge in [-0.15, -0.1) is 0 Å². The fourth-order valence-electron chi connectivity index (χ4n) is 4.09. The van der Waals surface area contributed by atoms with Crippen LogP contribution in [0, 0.1) is 5.92 Å². The summed E-state index contributed by atoms with van der Waals surface area (Å²) in [6, 6.07) is 15.1. The van der Waals surface area contributed by atoms with Crippen LogP contribution in [0.25, 0.3) is 11.1 Å². The van der Waals surface area contributed by atoms with Crippen LogP contribution < -0.4 is 10.6 Å². The van der Waals surface area contributed by atoms with Crippen molar-refractivity contribution in [2.75, 3.05) is 24.7 Å². The number of hydrogen-bond donors (Lipinski definition) is 3. The third kappa shape index (κ3) is 5.07. The average molecular weight is 455 g/mol. The van der Waals surface area contributed by atoms with Crippen LogP contribution in [0.15, 0.2) is 48.5 Å². The Labute approximate surface area is 190 Å². The Morgan fingerprint density at radius 3 is 2.22 bits per heavy atom. The number of alkyl carbamates (subject to hydrolysis) is 1. The first-order valence-electron chi connectivity index (χ1n) is 10.7. The van der Waals surface area contributed by atoms with E-state index >= 15 is 0 Å². The molecule has 1 atom stereocenters. The summed E-state index contributed by atoms with van der Waals surface area (Å²) in [5.74, 6) is 0.943. The molecule has 0 bridgehead atoms. The van der Waals surface area contributed by atoms with Gasteiger partial charge in [0.25, 0.3) is 0 Å². The summed E-state index contributed by atoms with van der Waals surface area (Å²) in [5.41, 5.74) is 4.45. The van der Waals surface area contributed by atoms with Crippen LogP contribution in [-0.4, -0.2) is 53.8 Å². The van der Waals surface area contributed by atoms with Gasteiger partial charge in [0.05, 0.1) is 0 Å². The average Bonchev–Trinajstić information content (AvgIpc) is 3.07. The summed E-state index contributed by atoms with van der Waals surface area (Å²) in [4.78, 5) is 36.1. The normalized spacial score (nSPS) is 15.8. The first kappa shape index (κ1) is 22.2. The number of aliphatic carboxylic acids is 1. The number of carboxylic acid groups (broad SMARTS) is 1. The van der Waals surface area contributed by atoms with Gasteiger partial charge in [0.15, 0.2) is 0 Å². The van der Waals surface area contributed by atoms with Gasteiger partial charge in [-0.05, 0) is 46.1 Å². The van der Waals surface area contributed by atoms with Crippen LogP contribution in [0.5, 0.6) is 0 Å². The molecular weight excluding hydrogens is 428 g/mol. The van der Waals surface area contributed by atoms with E-state index in [1.54, 1.807) is 0 Å². The lowest BCUT2D eigenvalue weighted by molar-refractivity contribution is -0.137. The smallest absolute Gasteiger partial charge is 0.407 e. The lowest BCUT2D eigenvalue weighted by Crippen LogP contribution is -2.49. The number of nitrogens with one attached hydrogen (secondary N) is 2. The van der Waals surface area contributed by atoms with Gasteiger partial charge in [0.1, 0.15) is 12.6 Å². The molecule has 0 spiro atoms. The molecule has 1 saturated heterocycles. The molecule has 8 heteroatoms. The van der Waals surface area contributed by atoms with Crippen molar-refractivity contribution >= 4 is 29.7 Å². The predicted molar refractivity (Wildman–Crippen MR) is 123 cm³/mol. The number of ether oxygens (including phenoxy) is 1. The van der Waals surface area contributed by atoms with E-state index in [0.29, 0.717) is 12.5 Å². The van der Waals surface area contributed by atoms with E-state index in [1.807, 2.05) is 48.2 Å². The maximum atomic E-state index is 12.5. The third-order valence-corrected chi connectivity index (χ3v) is 7.29.